The highest BCUT2D eigenvalue weighted by Gasteiger charge is 2.18. The van der Waals surface area contributed by atoms with Gasteiger partial charge in [0.15, 0.2) is 0 Å². The van der Waals surface area contributed by atoms with Crippen LogP contribution in [0.3, 0.4) is 0 Å². The summed E-state index contributed by atoms with van der Waals surface area (Å²) in [4.78, 5) is 15.7. The molecule has 0 spiro atoms. The molecule has 1 unspecified atom stereocenters. The second kappa shape index (κ2) is 3.70. The molecule has 1 rings (SSSR count). The first-order valence-corrected chi connectivity index (χ1v) is 4.13. The molecule has 0 saturated carbocycles. The molecule has 0 aliphatic rings. The molecule has 1 aromatic heterocycles. The highest BCUT2D eigenvalue weighted by molar-refractivity contribution is 5.97. The standard InChI is InChI=1S/C9H14N2O2/c1-6(13-4)9(12)8-5-10-7(2)11(8)3/h5-6H,1-4H3. The predicted octanol–water partition coefficient (Wildman–Crippen LogP) is 0.946. The zero-order valence-electron chi connectivity index (χ0n) is 8.37. The summed E-state index contributed by atoms with van der Waals surface area (Å²) in [6, 6.07) is 0. The van der Waals surface area contributed by atoms with Crippen LogP contribution in [0.1, 0.15) is 23.2 Å². The van der Waals surface area contributed by atoms with Crippen molar-refractivity contribution in [3.05, 3.63) is 17.7 Å². The van der Waals surface area contributed by atoms with Gasteiger partial charge in [0.1, 0.15) is 17.6 Å². The Morgan fingerprint density at radius 3 is 2.69 bits per heavy atom. The fraction of sp³-hybridized carbons (Fsp3) is 0.556. The lowest BCUT2D eigenvalue weighted by Gasteiger charge is -2.08. The smallest absolute Gasteiger partial charge is 0.209 e. The van der Waals surface area contributed by atoms with E-state index in [4.69, 9.17) is 4.74 Å². The molecule has 1 heterocycles. The summed E-state index contributed by atoms with van der Waals surface area (Å²) in [7, 11) is 3.34. The van der Waals surface area contributed by atoms with Crippen LogP contribution in [0.2, 0.25) is 0 Å². The number of methoxy groups -OCH3 is 1. The Hall–Kier alpha value is -1.16. The quantitative estimate of drug-likeness (QED) is 0.653. The maximum Gasteiger partial charge on any atom is 0.209 e. The minimum atomic E-state index is -0.408. The van der Waals surface area contributed by atoms with Crippen LogP contribution < -0.4 is 0 Å². The third kappa shape index (κ3) is 1.78. The number of nitrogens with zero attached hydrogens (tertiary/aromatic N) is 2. The van der Waals surface area contributed by atoms with Gasteiger partial charge in [0, 0.05) is 14.2 Å². The zero-order valence-corrected chi connectivity index (χ0v) is 8.37. The molecule has 1 atom stereocenters. The van der Waals surface area contributed by atoms with Gasteiger partial charge in [0.25, 0.3) is 0 Å². The van der Waals surface area contributed by atoms with Crippen LogP contribution in [0.5, 0.6) is 0 Å². The van der Waals surface area contributed by atoms with E-state index in [1.807, 2.05) is 14.0 Å². The van der Waals surface area contributed by atoms with Crippen molar-refractivity contribution in [2.75, 3.05) is 7.11 Å². The van der Waals surface area contributed by atoms with Gasteiger partial charge in [-0.25, -0.2) is 4.98 Å². The summed E-state index contributed by atoms with van der Waals surface area (Å²) in [6.45, 7) is 3.58. The SMILES string of the molecule is COC(C)C(=O)c1cnc(C)n1C. The molecule has 0 radical (unpaired) electrons. The van der Waals surface area contributed by atoms with Crippen molar-refractivity contribution >= 4 is 5.78 Å². The maximum absolute atomic E-state index is 11.6. The summed E-state index contributed by atoms with van der Waals surface area (Å²) in [5, 5.41) is 0. The third-order valence-electron chi connectivity index (χ3n) is 2.20. The Morgan fingerprint density at radius 2 is 2.31 bits per heavy atom. The number of ketones is 1. The maximum atomic E-state index is 11.6. The van der Waals surface area contributed by atoms with Crippen molar-refractivity contribution < 1.29 is 9.53 Å². The van der Waals surface area contributed by atoms with Crippen LogP contribution in [0.4, 0.5) is 0 Å². The fourth-order valence-electron chi connectivity index (χ4n) is 1.05. The van der Waals surface area contributed by atoms with E-state index >= 15 is 0 Å². The fourth-order valence-corrected chi connectivity index (χ4v) is 1.05. The Labute approximate surface area is 77.5 Å². The highest BCUT2D eigenvalue weighted by Crippen LogP contribution is 2.06. The van der Waals surface area contributed by atoms with Crippen LogP contribution in [-0.2, 0) is 11.8 Å². The Balaban J connectivity index is 2.95. The van der Waals surface area contributed by atoms with E-state index in [0.717, 1.165) is 5.82 Å². The van der Waals surface area contributed by atoms with Gasteiger partial charge in [-0.15, -0.1) is 0 Å². The number of aryl methyl sites for hydroxylation is 1. The number of carbonyl (C=O) groups is 1. The van der Waals surface area contributed by atoms with Gasteiger partial charge in [-0.1, -0.05) is 0 Å². The normalized spacial score (nSPS) is 12.9. The van der Waals surface area contributed by atoms with Gasteiger partial charge in [0.05, 0.1) is 6.20 Å². The number of aromatic nitrogens is 2. The minimum absolute atomic E-state index is 0.0365. The molecule has 0 aliphatic carbocycles. The van der Waals surface area contributed by atoms with Crippen LogP contribution >= 0.6 is 0 Å². The predicted molar refractivity (Wildman–Crippen MR) is 48.7 cm³/mol. The molecule has 0 bridgehead atoms. The second-order valence-electron chi connectivity index (χ2n) is 2.99. The average Bonchev–Trinajstić information content (AvgIpc) is 2.45. The van der Waals surface area contributed by atoms with Gasteiger partial charge < -0.3 is 9.30 Å². The highest BCUT2D eigenvalue weighted by atomic mass is 16.5. The van der Waals surface area contributed by atoms with Crippen molar-refractivity contribution in [2.45, 2.75) is 20.0 Å². The molecular formula is C9H14N2O2. The van der Waals surface area contributed by atoms with Crippen molar-refractivity contribution in [1.82, 2.24) is 9.55 Å². The molecule has 4 heteroatoms. The van der Waals surface area contributed by atoms with Crippen LogP contribution in [0.25, 0.3) is 0 Å². The minimum Gasteiger partial charge on any atom is -0.374 e. The zero-order chi connectivity index (χ0) is 10.0. The summed E-state index contributed by atoms with van der Waals surface area (Å²) in [5.41, 5.74) is 0.590. The summed E-state index contributed by atoms with van der Waals surface area (Å²) < 4.78 is 6.70. The van der Waals surface area contributed by atoms with E-state index in [2.05, 4.69) is 4.98 Å². The number of Topliss-reactive ketones (excluding diaryl/α,β-unsaturated/α-hetero) is 1. The monoisotopic (exact) mass is 182 g/mol. The average molecular weight is 182 g/mol. The van der Waals surface area contributed by atoms with E-state index in [1.54, 1.807) is 17.7 Å². The van der Waals surface area contributed by atoms with Crippen LogP contribution in [-0.4, -0.2) is 28.5 Å². The van der Waals surface area contributed by atoms with E-state index in [-0.39, 0.29) is 5.78 Å². The van der Waals surface area contributed by atoms with E-state index < -0.39 is 6.10 Å². The molecule has 0 N–H and O–H groups in total. The lowest BCUT2D eigenvalue weighted by Crippen LogP contribution is -2.21. The number of ether oxygens (including phenoxy) is 1. The molecule has 72 valence electrons. The molecule has 0 aromatic carbocycles. The Bertz CT molecular complexity index is 317. The number of carbonyl (C=O) groups excluding carboxylic acids is 1. The molecule has 0 aliphatic heterocycles. The Kier molecular flexibility index (Phi) is 2.83. The molecular weight excluding hydrogens is 168 g/mol. The van der Waals surface area contributed by atoms with Gasteiger partial charge in [-0.3, -0.25) is 4.79 Å². The molecule has 4 nitrogen and oxygen atoms in total. The van der Waals surface area contributed by atoms with Crippen LogP contribution in [0, 0.1) is 6.92 Å². The van der Waals surface area contributed by atoms with Gasteiger partial charge in [-0.05, 0) is 13.8 Å². The van der Waals surface area contributed by atoms with E-state index in [9.17, 15) is 4.79 Å². The van der Waals surface area contributed by atoms with E-state index in [0.29, 0.717) is 5.69 Å². The first kappa shape index (κ1) is 9.92. The van der Waals surface area contributed by atoms with E-state index in [1.165, 1.54) is 7.11 Å². The van der Waals surface area contributed by atoms with Crippen molar-refractivity contribution in [3.8, 4) is 0 Å². The van der Waals surface area contributed by atoms with Crippen molar-refractivity contribution in [1.29, 1.82) is 0 Å². The summed E-state index contributed by atoms with van der Waals surface area (Å²) in [5.74, 6) is 0.789. The number of imidazole rings is 1. The summed E-state index contributed by atoms with van der Waals surface area (Å²) in [6.07, 6.45) is 1.17. The third-order valence-corrected chi connectivity index (χ3v) is 2.20. The number of hydrogen-bond acceptors (Lipinski definition) is 3. The lowest BCUT2D eigenvalue weighted by atomic mass is 10.2. The molecule has 1 aromatic rings. The largest absolute Gasteiger partial charge is 0.374 e. The molecule has 0 fully saturated rings. The molecule has 0 amide bonds. The van der Waals surface area contributed by atoms with Gasteiger partial charge in [-0.2, -0.15) is 0 Å². The van der Waals surface area contributed by atoms with Crippen molar-refractivity contribution in [3.63, 3.8) is 0 Å². The lowest BCUT2D eigenvalue weighted by molar-refractivity contribution is 0.0647. The van der Waals surface area contributed by atoms with Crippen molar-refractivity contribution in [2.24, 2.45) is 7.05 Å². The molecule has 13 heavy (non-hydrogen) atoms. The topological polar surface area (TPSA) is 44.1 Å². The number of hydrogen-bond donors (Lipinski definition) is 0. The van der Waals surface area contributed by atoms with Crippen LogP contribution in [0.15, 0.2) is 6.20 Å². The van der Waals surface area contributed by atoms with Gasteiger partial charge >= 0.3 is 0 Å². The first-order valence-electron chi connectivity index (χ1n) is 4.13. The second-order valence-corrected chi connectivity index (χ2v) is 2.99. The number of rotatable bonds is 3. The van der Waals surface area contributed by atoms with Gasteiger partial charge in [0.2, 0.25) is 5.78 Å². The molecule has 0 saturated heterocycles. The Morgan fingerprint density at radius 1 is 1.69 bits per heavy atom. The summed E-state index contributed by atoms with van der Waals surface area (Å²) >= 11 is 0. The first-order chi connectivity index (χ1) is 6.07.